The molecule has 0 aliphatic heterocycles. The predicted octanol–water partition coefficient (Wildman–Crippen LogP) is 3.18. The second-order valence-corrected chi connectivity index (χ2v) is 4.87. The number of unbranched alkanes of at least 4 members (excludes halogenated alkanes) is 1. The third kappa shape index (κ3) is 6.06. The van der Waals surface area contributed by atoms with Gasteiger partial charge in [-0.05, 0) is 40.9 Å². The molecule has 0 fully saturated rings. The summed E-state index contributed by atoms with van der Waals surface area (Å²) < 4.78 is 11.1. The maximum Gasteiger partial charge on any atom is 0.103 e. The van der Waals surface area contributed by atoms with Crippen LogP contribution in [0.1, 0.15) is 18.4 Å². The molecule has 0 aromatic heterocycles. The molecular formula is C14H19BrN2O2. The highest BCUT2D eigenvalue weighted by atomic mass is 79.9. The van der Waals surface area contributed by atoms with Crippen molar-refractivity contribution in [2.45, 2.75) is 12.8 Å². The summed E-state index contributed by atoms with van der Waals surface area (Å²) in [6.45, 7) is 2.86. The Hall–Kier alpha value is -1.09. The van der Waals surface area contributed by atoms with Crippen molar-refractivity contribution in [1.82, 2.24) is 0 Å². The normalized spacial score (nSPS) is 10.2. The number of methoxy groups -OCH3 is 1. The fourth-order valence-electron chi connectivity index (χ4n) is 1.58. The van der Waals surface area contributed by atoms with E-state index in [2.05, 4.69) is 27.3 Å². The van der Waals surface area contributed by atoms with Crippen molar-refractivity contribution >= 4 is 21.6 Å². The molecule has 0 bridgehead atoms. The maximum atomic E-state index is 9.07. The number of nitrogens with one attached hydrogen (secondary N) is 1. The smallest absolute Gasteiger partial charge is 0.103 e. The average molecular weight is 327 g/mol. The summed E-state index contributed by atoms with van der Waals surface area (Å²) in [5.74, 6) is 0. The maximum absolute atomic E-state index is 9.07. The van der Waals surface area contributed by atoms with Crippen LogP contribution in [0.4, 0.5) is 5.69 Å². The quantitative estimate of drug-likeness (QED) is 0.708. The number of halogens is 1. The molecule has 0 saturated heterocycles. The minimum atomic E-state index is 0.641. The van der Waals surface area contributed by atoms with E-state index >= 15 is 0 Å². The highest BCUT2D eigenvalue weighted by molar-refractivity contribution is 9.10. The molecule has 1 rings (SSSR count). The topological polar surface area (TPSA) is 54.3 Å². The second kappa shape index (κ2) is 9.79. The van der Waals surface area contributed by atoms with Crippen molar-refractivity contribution in [3.63, 3.8) is 0 Å². The van der Waals surface area contributed by atoms with Gasteiger partial charge in [-0.2, -0.15) is 5.26 Å². The molecule has 104 valence electrons. The average Bonchev–Trinajstić information content (AvgIpc) is 2.42. The van der Waals surface area contributed by atoms with Gasteiger partial charge in [-0.1, -0.05) is 6.07 Å². The van der Waals surface area contributed by atoms with Crippen LogP contribution in [0.5, 0.6) is 0 Å². The van der Waals surface area contributed by atoms with Crippen LogP contribution in [0, 0.1) is 11.3 Å². The molecule has 0 heterocycles. The summed E-state index contributed by atoms with van der Waals surface area (Å²) in [5.41, 5.74) is 1.52. The molecule has 0 aliphatic rings. The highest BCUT2D eigenvalue weighted by Crippen LogP contribution is 2.23. The van der Waals surface area contributed by atoms with Gasteiger partial charge in [0.25, 0.3) is 0 Å². The van der Waals surface area contributed by atoms with Gasteiger partial charge in [0.15, 0.2) is 0 Å². The molecule has 1 aromatic rings. The van der Waals surface area contributed by atoms with Crippen molar-refractivity contribution < 1.29 is 9.47 Å². The van der Waals surface area contributed by atoms with Gasteiger partial charge < -0.3 is 14.8 Å². The first-order valence-electron chi connectivity index (χ1n) is 6.28. The first-order valence-corrected chi connectivity index (χ1v) is 7.08. The van der Waals surface area contributed by atoms with Crippen molar-refractivity contribution in [2.24, 2.45) is 0 Å². The van der Waals surface area contributed by atoms with E-state index in [1.54, 1.807) is 7.11 Å². The minimum absolute atomic E-state index is 0.641. The van der Waals surface area contributed by atoms with E-state index in [0.29, 0.717) is 18.8 Å². The van der Waals surface area contributed by atoms with E-state index in [-0.39, 0.29) is 0 Å². The van der Waals surface area contributed by atoms with Crippen LogP contribution >= 0.6 is 15.9 Å². The molecule has 1 N–H and O–H groups in total. The van der Waals surface area contributed by atoms with Gasteiger partial charge in [0.05, 0.1) is 24.5 Å². The monoisotopic (exact) mass is 326 g/mol. The summed E-state index contributed by atoms with van der Waals surface area (Å²) >= 11 is 3.37. The van der Waals surface area contributed by atoms with Crippen molar-refractivity contribution in [1.29, 1.82) is 5.26 Å². The summed E-state index contributed by atoms with van der Waals surface area (Å²) in [6.07, 6.45) is 2.00. The Bertz CT molecular complexity index is 418. The second-order valence-electron chi connectivity index (χ2n) is 4.01. The van der Waals surface area contributed by atoms with Crippen LogP contribution in [-0.2, 0) is 9.47 Å². The van der Waals surface area contributed by atoms with Gasteiger partial charge in [-0.3, -0.25) is 0 Å². The molecule has 0 radical (unpaired) electrons. The van der Waals surface area contributed by atoms with E-state index in [0.717, 1.165) is 36.2 Å². The molecule has 4 nitrogen and oxygen atoms in total. The van der Waals surface area contributed by atoms with E-state index in [9.17, 15) is 0 Å². The number of ether oxygens (including phenoxy) is 2. The molecule has 1 aromatic carbocycles. The molecule has 0 saturated carbocycles. The number of nitriles is 1. The molecule has 0 amide bonds. The standard InChI is InChI=1S/C14H19BrN2O2/c1-18-9-10-19-8-3-2-7-17-14-6-4-5-13(15)12(14)11-16/h4-6,17H,2-3,7-10H2,1H3. The largest absolute Gasteiger partial charge is 0.384 e. The Morgan fingerprint density at radius 2 is 2.11 bits per heavy atom. The molecule has 0 aliphatic carbocycles. The molecule has 5 heteroatoms. The first-order chi connectivity index (χ1) is 9.29. The van der Waals surface area contributed by atoms with Crippen LogP contribution in [-0.4, -0.2) is 33.5 Å². The van der Waals surface area contributed by atoms with Crippen molar-refractivity contribution in [3.05, 3.63) is 28.2 Å². The SMILES string of the molecule is COCCOCCCCNc1cccc(Br)c1C#N. The fourth-order valence-corrected chi connectivity index (χ4v) is 2.04. The lowest BCUT2D eigenvalue weighted by molar-refractivity contribution is 0.0691. The molecule has 0 spiro atoms. The minimum Gasteiger partial charge on any atom is -0.384 e. The molecule has 0 atom stereocenters. The Labute approximate surface area is 122 Å². The zero-order chi connectivity index (χ0) is 13.9. The molecule has 0 unspecified atom stereocenters. The number of benzene rings is 1. The number of nitrogens with zero attached hydrogens (tertiary/aromatic N) is 1. The van der Waals surface area contributed by atoms with E-state index < -0.39 is 0 Å². The summed E-state index contributed by atoms with van der Waals surface area (Å²) in [6, 6.07) is 7.89. The summed E-state index contributed by atoms with van der Waals surface area (Å²) in [5, 5.41) is 12.3. The molecule has 19 heavy (non-hydrogen) atoms. The Morgan fingerprint density at radius 3 is 2.84 bits per heavy atom. The van der Waals surface area contributed by atoms with E-state index in [4.69, 9.17) is 14.7 Å². The van der Waals surface area contributed by atoms with Gasteiger partial charge in [0.1, 0.15) is 6.07 Å². The lowest BCUT2D eigenvalue weighted by atomic mass is 10.2. The van der Waals surface area contributed by atoms with E-state index in [1.807, 2.05) is 18.2 Å². The Balaban J connectivity index is 2.20. The third-order valence-corrected chi connectivity index (χ3v) is 3.25. The lowest BCUT2D eigenvalue weighted by Gasteiger charge is -2.09. The lowest BCUT2D eigenvalue weighted by Crippen LogP contribution is -2.07. The van der Waals surface area contributed by atoms with Crippen LogP contribution in [0.3, 0.4) is 0 Å². The predicted molar refractivity (Wildman–Crippen MR) is 79.3 cm³/mol. The Morgan fingerprint density at radius 1 is 1.26 bits per heavy atom. The fraction of sp³-hybridized carbons (Fsp3) is 0.500. The van der Waals surface area contributed by atoms with Crippen LogP contribution in [0.25, 0.3) is 0 Å². The van der Waals surface area contributed by atoms with Crippen LogP contribution in [0.15, 0.2) is 22.7 Å². The summed E-state index contributed by atoms with van der Waals surface area (Å²) in [7, 11) is 1.66. The number of hydrogen-bond acceptors (Lipinski definition) is 4. The van der Waals surface area contributed by atoms with Gasteiger partial charge in [-0.15, -0.1) is 0 Å². The first kappa shape index (κ1) is 16.0. The third-order valence-electron chi connectivity index (χ3n) is 2.59. The van der Waals surface area contributed by atoms with Crippen LogP contribution < -0.4 is 5.32 Å². The van der Waals surface area contributed by atoms with Crippen LogP contribution in [0.2, 0.25) is 0 Å². The number of hydrogen-bond donors (Lipinski definition) is 1. The van der Waals surface area contributed by atoms with Gasteiger partial charge in [0, 0.05) is 24.7 Å². The highest BCUT2D eigenvalue weighted by Gasteiger charge is 2.04. The Kier molecular flexibility index (Phi) is 8.23. The van der Waals surface area contributed by atoms with Crippen molar-refractivity contribution in [3.8, 4) is 6.07 Å². The van der Waals surface area contributed by atoms with Crippen molar-refractivity contribution in [2.75, 3.05) is 38.8 Å². The summed E-state index contributed by atoms with van der Waals surface area (Å²) in [4.78, 5) is 0. The zero-order valence-electron chi connectivity index (χ0n) is 11.1. The van der Waals surface area contributed by atoms with E-state index in [1.165, 1.54) is 0 Å². The van der Waals surface area contributed by atoms with Gasteiger partial charge in [-0.25, -0.2) is 0 Å². The van der Waals surface area contributed by atoms with Gasteiger partial charge in [0.2, 0.25) is 0 Å². The molecular weight excluding hydrogens is 308 g/mol. The van der Waals surface area contributed by atoms with Gasteiger partial charge >= 0.3 is 0 Å². The number of anilines is 1. The zero-order valence-corrected chi connectivity index (χ0v) is 12.7. The number of rotatable bonds is 9.